The fourth-order valence-electron chi connectivity index (χ4n) is 3.21. The molecule has 2 aromatic rings. The summed E-state index contributed by atoms with van der Waals surface area (Å²) < 4.78 is 0. The van der Waals surface area contributed by atoms with E-state index in [1.807, 2.05) is 6.07 Å². The highest BCUT2D eigenvalue weighted by Crippen LogP contribution is 2.39. The smallest absolute Gasteiger partial charge is 0.180 e. The van der Waals surface area contributed by atoms with Crippen LogP contribution in [0.5, 0.6) is 0 Å². The monoisotopic (exact) mass is 226 g/mol. The van der Waals surface area contributed by atoms with Gasteiger partial charge in [0, 0.05) is 25.0 Å². The lowest BCUT2D eigenvalue weighted by atomic mass is 10.1. The van der Waals surface area contributed by atoms with E-state index in [4.69, 9.17) is 0 Å². The minimum atomic E-state index is 0.710. The van der Waals surface area contributed by atoms with Crippen molar-refractivity contribution in [1.82, 2.24) is 15.0 Å². The van der Waals surface area contributed by atoms with Gasteiger partial charge in [-0.05, 0) is 37.3 Å². The van der Waals surface area contributed by atoms with Gasteiger partial charge in [-0.3, -0.25) is 4.98 Å². The molecule has 3 heterocycles. The molecular formula is C13H14N4. The van der Waals surface area contributed by atoms with E-state index in [0.29, 0.717) is 6.04 Å². The number of aromatic nitrogens is 3. The second-order valence-electron chi connectivity index (χ2n) is 5.05. The van der Waals surface area contributed by atoms with Gasteiger partial charge in [0.05, 0.1) is 0 Å². The standard InChI is InChI=1S/C13H14N4/c1-2-10-7-9(1)8-17(10)12-4-3-11-13(16-12)15-6-5-14-11/h3-6,9-10H,1-2,7-8H2. The van der Waals surface area contributed by atoms with Crippen LogP contribution in [0.4, 0.5) is 5.82 Å². The van der Waals surface area contributed by atoms with Crippen LogP contribution in [0, 0.1) is 5.92 Å². The van der Waals surface area contributed by atoms with Gasteiger partial charge in [0.25, 0.3) is 0 Å². The van der Waals surface area contributed by atoms with Gasteiger partial charge in [-0.1, -0.05) is 0 Å². The molecule has 86 valence electrons. The Morgan fingerprint density at radius 3 is 2.88 bits per heavy atom. The van der Waals surface area contributed by atoms with Crippen molar-refractivity contribution in [2.45, 2.75) is 25.3 Å². The molecule has 1 saturated carbocycles. The number of pyridine rings is 1. The normalized spacial score (nSPS) is 26.9. The number of fused-ring (bicyclic) bond motifs is 3. The van der Waals surface area contributed by atoms with Crippen molar-refractivity contribution >= 4 is 17.0 Å². The van der Waals surface area contributed by atoms with E-state index >= 15 is 0 Å². The van der Waals surface area contributed by atoms with Crippen LogP contribution in [-0.2, 0) is 0 Å². The van der Waals surface area contributed by atoms with E-state index in [-0.39, 0.29) is 0 Å². The fourth-order valence-corrected chi connectivity index (χ4v) is 3.21. The molecule has 17 heavy (non-hydrogen) atoms. The summed E-state index contributed by atoms with van der Waals surface area (Å²) in [5, 5.41) is 0. The summed E-state index contributed by atoms with van der Waals surface area (Å²) in [7, 11) is 0. The van der Waals surface area contributed by atoms with E-state index in [1.54, 1.807) is 12.4 Å². The van der Waals surface area contributed by atoms with Gasteiger partial charge < -0.3 is 4.90 Å². The van der Waals surface area contributed by atoms with E-state index in [1.165, 1.54) is 25.8 Å². The first-order valence-electron chi connectivity index (χ1n) is 6.24. The predicted molar refractivity (Wildman–Crippen MR) is 65.8 cm³/mol. The molecule has 1 aliphatic heterocycles. The maximum absolute atomic E-state index is 4.63. The van der Waals surface area contributed by atoms with Crippen LogP contribution in [0.1, 0.15) is 19.3 Å². The second-order valence-corrected chi connectivity index (χ2v) is 5.05. The summed E-state index contributed by atoms with van der Waals surface area (Å²) in [4.78, 5) is 15.6. The average molecular weight is 226 g/mol. The zero-order chi connectivity index (χ0) is 11.2. The number of hydrogen-bond acceptors (Lipinski definition) is 4. The van der Waals surface area contributed by atoms with Gasteiger partial charge in [-0.25, -0.2) is 9.97 Å². The average Bonchev–Trinajstić information content (AvgIpc) is 3.00. The van der Waals surface area contributed by atoms with Crippen LogP contribution in [0.3, 0.4) is 0 Å². The molecule has 2 bridgehead atoms. The molecular weight excluding hydrogens is 212 g/mol. The van der Waals surface area contributed by atoms with E-state index in [9.17, 15) is 0 Å². The molecule has 2 fully saturated rings. The molecule has 0 amide bonds. The molecule has 2 atom stereocenters. The van der Waals surface area contributed by atoms with Gasteiger partial charge in [0.1, 0.15) is 11.3 Å². The Labute approximate surface area is 99.7 Å². The van der Waals surface area contributed by atoms with Gasteiger partial charge in [0.2, 0.25) is 0 Å². The van der Waals surface area contributed by atoms with Gasteiger partial charge in [-0.15, -0.1) is 0 Å². The van der Waals surface area contributed by atoms with Crippen LogP contribution < -0.4 is 4.90 Å². The summed E-state index contributed by atoms with van der Waals surface area (Å²) in [6.45, 7) is 1.17. The number of rotatable bonds is 1. The predicted octanol–water partition coefficient (Wildman–Crippen LogP) is 2.01. The van der Waals surface area contributed by atoms with Gasteiger partial charge >= 0.3 is 0 Å². The highest BCUT2D eigenvalue weighted by atomic mass is 15.2. The second kappa shape index (κ2) is 3.39. The van der Waals surface area contributed by atoms with Crippen LogP contribution in [0.25, 0.3) is 11.2 Å². The number of piperidine rings is 1. The Balaban J connectivity index is 1.76. The van der Waals surface area contributed by atoms with Crippen molar-refractivity contribution in [2.24, 2.45) is 5.92 Å². The Bertz CT molecular complexity index is 568. The highest BCUT2D eigenvalue weighted by molar-refractivity contribution is 5.71. The fraction of sp³-hybridized carbons (Fsp3) is 0.462. The molecule has 2 unspecified atom stereocenters. The molecule has 0 N–H and O–H groups in total. The topological polar surface area (TPSA) is 41.9 Å². The number of nitrogens with zero attached hydrogens (tertiary/aromatic N) is 4. The van der Waals surface area contributed by atoms with Crippen LogP contribution in [0.2, 0.25) is 0 Å². The minimum absolute atomic E-state index is 0.710. The minimum Gasteiger partial charge on any atom is -0.353 e. The Hall–Kier alpha value is -1.71. The zero-order valence-electron chi connectivity index (χ0n) is 9.58. The van der Waals surface area contributed by atoms with Crippen LogP contribution >= 0.6 is 0 Å². The Morgan fingerprint density at radius 2 is 2.06 bits per heavy atom. The summed E-state index contributed by atoms with van der Waals surface area (Å²) in [5.74, 6) is 1.96. The summed E-state index contributed by atoms with van der Waals surface area (Å²) >= 11 is 0. The lowest BCUT2D eigenvalue weighted by Gasteiger charge is -2.27. The molecule has 2 aromatic heterocycles. The van der Waals surface area contributed by atoms with Crippen molar-refractivity contribution in [1.29, 1.82) is 0 Å². The molecule has 4 heteroatoms. The molecule has 0 aromatic carbocycles. The lowest BCUT2D eigenvalue weighted by molar-refractivity contribution is 0.551. The van der Waals surface area contributed by atoms with Crippen LogP contribution in [0.15, 0.2) is 24.5 Å². The van der Waals surface area contributed by atoms with Crippen molar-refractivity contribution < 1.29 is 0 Å². The molecule has 4 nitrogen and oxygen atoms in total. The lowest BCUT2D eigenvalue weighted by Crippen LogP contribution is -2.32. The quantitative estimate of drug-likeness (QED) is 0.746. The van der Waals surface area contributed by atoms with Crippen molar-refractivity contribution in [3.05, 3.63) is 24.5 Å². The molecule has 2 aliphatic rings. The summed E-state index contributed by atoms with van der Waals surface area (Å²) in [5.41, 5.74) is 1.63. The molecule has 1 aliphatic carbocycles. The van der Waals surface area contributed by atoms with Gasteiger partial charge in [-0.2, -0.15) is 0 Å². The molecule has 4 rings (SSSR count). The first kappa shape index (κ1) is 9.33. The Kier molecular flexibility index (Phi) is 1.86. The molecule has 1 saturated heterocycles. The van der Waals surface area contributed by atoms with Gasteiger partial charge in [0.15, 0.2) is 5.65 Å². The maximum atomic E-state index is 4.63. The van der Waals surface area contributed by atoms with E-state index in [2.05, 4.69) is 25.9 Å². The number of hydrogen-bond donors (Lipinski definition) is 0. The SMILES string of the molecule is c1cnc2nc(N3CC4CCC3C4)ccc2n1. The van der Waals surface area contributed by atoms with Crippen LogP contribution in [-0.4, -0.2) is 27.5 Å². The largest absolute Gasteiger partial charge is 0.353 e. The third-order valence-corrected chi connectivity index (χ3v) is 4.02. The van der Waals surface area contributed by atoms with Crippen molar-refractivity contribution in [2.75, 3.05) is 11.4 Å². The maximum Gasteiger partial charge on any atom is 0.180 e. The molecule has 0 radical (unpaired) electrons. The Morgan fingerprint density at radius 1 is 1.12 bits per heavy atom. The van der Waals surface area contributed by atoms with E-state index in [0.717, 1.165) is 22.9 Å². The third kappa shape index (κ3) is 1.40. The zero-order valence-corrected chi connectivity index (χ0v) is 9.58. The van der Waals surface area contributed by atoms with Crippen molar-refractivity contribution in [3.8, 4) is 0 Å². The van der Waals surface area contributed by atoms with E-state index < -0.39 is 0 Å². The summed E-state index contributed by atoms with van der Waals surface area (Å²) in [6.07, 6.45) is 7.48. The molecule has 0 spiro atoms. The van der Waals surface area contributed by atoms with Crippen molar-refractivity contribution in [3.63, 3.8) is 0 Å². The third-order valence-electron chi connectivity index (χ3n) is 4.02. The first-order chi connectivity index (χ1) is 8.40. The summed E-state index contributed by atoms with van der Waals surface area (Å²) in [6, 6.07) is 4.82. The number of anilines is 1. The highest BCUT2D eigenvalue weighted by Gasteiger charge is 2.38. The first-order valence-corrected chi connectivity index (χ1v) is 6.24.